The third-order valence-corrected chi connectivity index (χ3v) is 5.08. The highest BCUT2D eigenvalue weighted by Gasteiger charge is 2.30. The highest BCUT2D eigenvalue weighted by molar-refractivity contribution is 5.86. The zero-order valence-electron chi connectivity index (χ0n) is 15.7. The van der Waals surface area contributed by atoms with Crippen LogP contribution in [0.3, 0.4) is 0 Å². The molecule has 0 amide bonds. The zero-order chi connectivity index (χ0) is 20.7. The van der Waals surface area contributed by atoms with Crippen LogP contribution in [0.2, 0.25) is 0 Å². The normalized spacial score (nSPS) is 12.7. The van der Waals surface area contributed by atoms with Crippen molar-refractivity contribution in [3.63, 3.8) is 0 Å². The van der Waals surface area contributed by atoms with Crippen LogP contribution < -0.4 is 9.64 Å². The third-order valence-electron chi connectivity index (χ3n) is 5.08. The van der Waals surface area contributed by atoms with Crippen molar-refractivity contribution in [2.45, 2.75) is 6.18 Å². The second-order valence-electron chi connectivity index (χ2n) is 7.00. The first-order chi connectivity index (χ1) is 14.5. The van der Waals surface area contributed by atoms with Crippen LogP contribution in [0, 0.1) is 0 Å². The maximum atomic E-state index is 13.1. The third kappa shape index (κ3) is 3.18. The first kappa shape index (κ1) is 18.3. The predicted molar refractivity (Wildman–Crippen MR) is 112 cm³/mol. The van der Waals surface area contributed by atoms with Crippen molar-refractivity contribution in [1.29, 1.82) is 0 Å². The Bertz CT molecular complexity index is 1170. The van der Waals surface area contributed by atoms with E-state index < -0.39 is 11.7 Å². The van der Waals surface area contributed by atoms with Crippen molar-refractivity contribution in [3.05, 3.63) is 103 Å². The number of alkyl halides is 3. The van der Waals surface area contributed by atoms with Gasteiger partial charge in [-0.3, -0.25) is 0 Å². The van der Waals surface area contributed by atoms with Crippen LogP contribution in [0.5, 0.6) is 11.5 Å². The van der Waals surface area contributed by atoms with Gasteiger partial charge in [0.25, 0.3) is 0 Å². The number of hydrogen-bond acceptors (Lipinski definition) is 2. The topological polar surface area (TPSA) is 12.5 Å². The molecule has 0 unspecified atom stereocenters. The molecular weight excluding hydrogens is 387 g/mol. The summed E-state index contributed by atoms with van der Waals surface area (Å²) in [6.45, 7) is 0. The standard InChI is InChI=1S/C25H16F3NO/c26-25(27,28)19-7-5-6-18(16-19)17-12-14-20(15-13-17)29-21-8-1-3-10-23(21)30-24-11-4-2-9-22(24)29/h1-16H. The fourth-order valence-electron chi connectivity index (χ4n) is 3.66. The van der Waals surface area contributed by atoms with Gasteiger partial charge < -0.3 is 9.64 Å². The van der Waals surface area contributed by atoms with Crippen molar-refractivity contribution in [1.82, 2.24) is 0 Å². The van der Waals surface area contributed by atoms with Crippen molar-refractivity contribution in [3.8, 4) is 22.6 Å². The van der Waals surface area contributed by atoms with E-state index in [1.165, 1.54) is 12.1 Å². The fourth-order valence-corrected chi connectivity index (χ4v) is 3.66. The molecule has 148 valence electrons. The predicted octanol–water partition coefficient (Wildman–Crippen LogP) is 7.95. The number of nitrogens with zero attached hydrogens (tertiary/aromatic N) is 1. The molecule has 0 saturated carbocycles. The summed E-state index contributed by atoms with van der Waals surface area (Å²) < 4.78 is 45.2. The van der Waals surface area contributed by atoms with E-state index in [2.05, 4.69) is 4.90 Å². The van der Waals surface area contributed by atoms with Crippen LogP contribution in [0.15, 0.2) is 97.1 Å². The highest BCUT2D eigenvalue weighted by atomic mass is 19.4. The SMILES string of the molecule is FC(F)(F)c1cccc(-c2ccc(N3c4ccccc4Oc4ccccc43)cc2)c1. The Morgan fingerprint density at radius 3 is 1.80 bits per heavy atom. The van der Waals surface area contributed by atoms with Crippen LogP contribution in [-0.2, 0) is 6.18 Å². The van der Waals surface area contributed by atoms with Crippen molar-refractivity contribution in [2.24, 2.45) is 0 Å². The number of anilines is 3. The molecule has 4 aromatic carbocycles. The van der Waals surface area contributed by atoms with Crippen molar-refractivity contribution < 1.29 is 17.9 Å². The number of benzene rings is 4. The van der Waals surface area contributed by atoms with E-state index in [9.17, 15) is 13.2 Å². The van der Waals surface area contributed by atoms with Crippen molar-refractivity contribution >= 4 is 17.1 Å². The molecule has 0 bridgehead atoms. The van der Waals surface area contributed by atoms with Crippen LogP contribution in [0.25, 0.3) is 11.1 Å². The average Bonchev–Trinajstić information content (AvgIpc) is 2.77. The van der Waals surface area contributed by atoms with Gasteiger partial charge in [-0.25, -0.2) is 0 Å². The summed E-state index contributed by atoms with van der Waals surface area (Å²) >= 11 is 0. The molecule has 0 aliphatic carbocycles. The quantitative estimate of drug-likeness (QED) is 0.297. The molecular formula is C25H16F3NO. The molecule has 1 aliphatic heterocycles. The number of halogens is 3. The van der Waals surface area contributed by atoms with Gasteiger partial charge in [0.2, 0.25) is 0 Å². The van der Waals surface area contributed by atoms with Gasteiger partial charge in [0.15, 0.2) is 11.5 Å². The molecule has 0 aromatic heterocycles. The number of rotatable bonds is 2. The van der Waals surface area contributed by atoms with Crippen LogP contribution >= 0.6 is 0 Å². The smallest absolute Gasteiger partial charge is 0.416 e. The summed E-state index contributed by atoms with van der Waals surface area (Å²) in [5, 5.41) is 0. The second-order valence-corrected chi connectivity index (χ2v) is 7.00. The molecule has 0 radical (unpaired) electrons. The summed E-state index contributed by atoms with van der Waals surface area (Å²) in [5.41, 5.74) is 3.30. The number of hydrogen-bond donors (Lipinski definition) is 0. The van der Waals surface area contributed by atoms with E-state index in [0.29, 0.717) is 5.56 Å². The molecule has 1 heterocycles. The Kier molecular flexibility index (Phi) is 4.24. The molecule has 2 nitrogen and oxygen atoms in total. The Hall–Kier alpha value is -3.73. The Balaban J connectivity index is 1.56. The monoisotopic (exact) mass is 403 g/mol. The molecule has 0 N–H and O–H groups in total. The Morgan fingerprint density at radius 1 is 0.600 bits per heavy atom. The molecule has 0 atom stereocenters. The minimum atomic E-state index is -4.36. The van der Waals surface area contributed by atoms with Gasteiger partial charge in [0.1, 0.15) is 0 Å². The number of para-hydroxylation sites is 4. The van der Waals surface area contributed by atoms with E-state index in [0.717, 1.165) is 40.2 Å². The fraction of sp³-hybridized carbons (Fsp3) is 0.0400. The van der Waals surface area contributed by atoms with Gasteiger partial charge in [-0.05, 0) is 59.7 Å². The summed E-state index contributed by atoms with van der Waals surface area (Å²) in [6.07, 6.45) is -4.36. The largest absolute Gasteiger partial charge is 0.453 e. The molecule has 1 aliphatic rings. The number of fused-ring (bicyclic) bond motifs is 2. The molecule has 5 rings (SSSR count). The summed E-state index contributed by atoms with van der Waals surface area (Å²) in [5.74, 6) is 1.50. The lowest BCUT2D eigenvalue weighted by molar-refractivity contribution is -0.137. The molecule has 0 spiro atoms. The van der Waals surface area contributed by atoms with Gasteiger partial charge in [-0.1, -0.05) is 48.5 Å². The average molecular weight is 403 g/mol. The molecule has 4 aromatic rings. The summed E-state index contributed by atoms with van der Waals surface area (Å²) in [7, 11) is 0. The molecule has 5 heteroatoms. The lowest BCUT2D eigenvalue weighted by Crippen LogP contribution is -2.15. The lowest BCUT2D eigenvalue weighted by Gasteiger charge is -2.32. The zero-order valence-corrected chi connectivity index (χ0v) is 15.7. The Morgan fingerprint density at radius 2 is 1.20 bits per heavy atom. The molecule has 0 fully saturated rings. The minimum Gasteiger partial charge on any atom is -0.453 e. The van der Waals surface area contributed by atoms with Crippen LogP contribution in [0.4, 0.5) is 30.2 Å². The van der Waals surface area contributed by atoms with Crippen LogP contribution in [0.1, 0.15) is 5.56 Å². The minimum absolute atomic E-state index is 0.527. The van der Waals surface area contributed by atoms with E-state index in [4.69, 9.17) is 4.74 Å². The second kappa shape index (κ2) is 6.95. The maximum Gasteiger partial charge on any atom is 0.416 e. The summed E-state index contributed by atoms with van der Waals surface area (Å²) in [6, 6.07) is 28.4. The first-order valence-corrected chi connectivity index (χ1v) is 9.44. The van der Waals surface area contributed by atoms with Gasteiger partial charge in [0.05, 0.1) is 16.9 Å². The van der Waals surface area contributed by atoms with Gasteiger partial charge in [0, 0.05) is 5.69 Å². The number of ether oxygens (including phenoxy) is 1. The summed E-state index contributed by atoms with van der Waals surface area (Å²) in [4.78, 5) is 2.09. The van der Waals surface area contributed by atoms with Crippen molar-refractivity contribution in [2.75, 3.05) is 4.90 Å². The lowest BCUT2D eigenvalue weighted by atomic mass is 10.0. The van der Waals surface area contributed by atoms with E-state index >= 15 is 0 Å². The highest BCUT2D eigenvalue weighted by Crippen LogP contribution is 2.50. The first-order valence-electron chi connectivity index (χ1n) is 9.44. The van der Waals surface area contributed by atoms with Crippen LogP contribution in [-0.4, -0.2) is 0 Å². The van der Waals surface area contributed by atoms with E-state index in [1.807, 2.05) is 72.8 Å². The Labute approximate surface area is 171 Å². The van der Waals surface area contributed by atoms with Gasteiger partial charge in [-0.15, -0.1) is 0 Å². The van der Waals surface area contributed by atoms with E-state index in [-0.39, 0.29) is 0 Å². The van der Waals surface area contributed by atoms with E-state index in [1.54, 1.807) is 6.07 Å². The van der Waals surface area contributed by atoms with Gasteiger partial charge in [-0.2, -0.15) is 13.2 Å². The molecule has 30 heavy (non-hydrogen) atoms. The maximum absolute atomic E-state index is 13.1. The molecule has 0 saturated heterocycles. The van der Waals surface area contributed by atoms with Gasteiger partial charge >= 0.3 is 6.18 Å².